The van der Waals surface area contributed by atoms with E-state index in [9.17, 15) is 0 Å². The molecule has 0 aliphatic heterocycles. The van der Waals surface area contributed by atoms with E-state index in [1.165, 1.54) is 5.56 Å². The van der Waals surface area contributed by atoms with E-state index in [0.717, 1.165) is 17.3 Å². The number of nitrogens with two attached hydrogens (primary N) is 1. The molecule has 1 aromatic heterocycles. The summed E-state index contributed by atoms with van der Waals surface area (Å²) in [6.45, 7) is 0.639. The Morgan fingerprint density at radius 2 is 2.06 bits per heavy atom. The van der Waals surface area contributed by atoms with Gasteiger partial charge >= 0.3 is 0 Å². The Balaban J connectivity index is 2.35. The minimum Gasteiger partial charge on any atom is -0.337 e. The molecule has 2 N–H and O–H groups in total. The van der Waals surface area contributed by atoms with Gasteiger partial charge in [-0.25, -0.2) is 4.98 Å². The van der Waals surface area contributed by atoms with Crippen LogP contribution in [0.15, 0.2) is 36.7 Å². The molecule has 0 saturated heterocycles. The van der Waals surface area contributed by atoms with Gasteiger partial charge in [0.1, 0.15) is 5.82 Å². The molecule has 1 atom stereocenters. The minimum absolute atomic E-state index is 0.234. The quantitative estimate of drug-likeness (QED) is 0.905. The molecule has 0 spiro atoms. The van der Waals surface area contributed by atoms with Gasteiger partial charge in [-0.1, -0.05) is 23.7 Å². The topological polar surface area (TPSA) is 43.8 Å². The largest absolute Gasteiger partial charge is 0.337 e. The molecule has 0 bridgehead atoms. The van der Waals surface area contributed by atoms with Gasteiger partial charge in [-0.05, 0) is 30.7 Å². The van der Waals surface area contributed by atoms with Gasteiger partial charge in [0.15, 0.2) is 0 Å². The fourth-order valence-electron chi connectivity index (χ4n) is 2.02. The second-order valence-electron chi connectivity index (χ2n) is 4.08. The maximum Gasteiger partial charge on any atom is 0.115 e. The molecule has 1 heterocycles. The fourth-order valence-corrected chi connectivity index (χ4v) is 2.15. The number of nitrogens with zero attached hydrogens (tertiary/aromatic N) is 2. The van der Waals surface area contributed by atoms with E-state index in [-0.39, 0.29) is 5.92 Å². The van der Waals surface area contributed by atoms with Crippen molar-refractivity contribution >= 4 is 11.6 Å². The van der Waals surface area contributed by atoms with Crippen molar-refractivity contribution in [3.63, 3.8) is 0 Å². The molecule has 3 nitrogen and oxygen atoms in total. The molecule has 2 aromatic rings. The Morgan fingerprint density at radius 1 is 1.35 bits per heavy atom. The summed E-state index contributed by atoms with van der Waals surface area (Å²) in [5, 5.41) is 0.750. The third-order valence-corrected chi connectivity index (χ3v) is 3.15. The Morgan fingerprint density at radius 3 is 2.59 bits per heavy atom. The summed E-state index contributed by atoms with van der Waals surface area (Å²) < 4.78 is 2.04. The highest BCUT2D eigenvalue weighted by atomic mass is 35.5. The molecule has 0 radical (unpaired) electrons. The van der Waals surface area contributed by atoms with E-state index in [1.54, 1.807) is 0 Å². The predicted molar refractivity (Wildman–Crippen MR) is 70.2 cm³/mol. The normalized spacial score (nSPS) is 12.6. The number of hydrogen-bond donors (Lipinski definition) is 1. The standard InChI is InChI=1S/C13H16ClN3/c1-17-9-8-16-13(17)12(6-7-15)10-2-4-11(14)5-3-10/h2-5,8-9,12H,6-7,15H2,1H3. The van der Waals surface area contributed by atoms with Crippen LogP contribution in [-0.4, -0.2) is 16.1 Å². The Labute approximate surface area is 106 Å². The number of rotatable bonds is 4. The number of halogens is 1. The number of aromatic nitrogens is 2. The van der Waals surface area contributed by atoms with Crippen molar-refractivity contribution in [2.45, 2.75) is 12.3 Å². The maximum absolute atomic E-state index is 5.90. The van der Waals surface area contributed by atoms with Crippen LogP contribution < -0.4 is 5.73 Å². The Hall–Kier alpha value is -1.32. The number of hydrogen-bond acceptors (Lipinski definition) is 2. The second kappa shape index (κ2) is 5.34. The lowest BCUT2D eigenvalue weighted by Gasteiger charge is -2.16. The van der Waals surface area contributed by atoms with Gasteiger partial charge in [0.05, 0.1) is 0 Å². The zero-order valence-corrected chi connectivity index (χ0v) is 10.6. The van der Waals surface area contributed by atoms with Crippen LogP contribution >= 0.6 is 11.6 Å². The van der Waals surface area contributed by atoms with E-state index >= 15 is 0 Å². The van der Waals surface area contributed by atoms with Crippen molar-refractivity contribution < 1.29 is 0 Å². The molecule has 4 heteroatoms. The zero-order valence-electron chi connectivity index (χ0n) is 9.81. The van der Waals surface area contributed by atoms with Crippen LogP contribution in [0.1, 0.15) is 23.7 Å². The van der Waals surface area contributed by atoms with Gasteiger partial charge in [-0.15, -0.1) is 0 Å². The van der Waals surface area contributed by atoms with E-state index in [2.05, 4.69) is 4.98 Å². The van der Waals surface area contributed by atoms with Crippen molar-refractivity contribution in [2.75, 3.05) is 6.54 Å². The van der Waals surface area contributed by atoms with Gasteiger partial charge in [0, 0.05) is 30.4 Å². The van der Waals surface area contributed by atoms with Crippen molar-refractivity contribution in [1.82, 2.24) is 9.55 Å². The molecular formula is C13H16ClN3. The van der Waals surface area contributed by atoms with Crippen LogP contribution in [0.2, 0.25) is 5.02 Å². The molecule has 2 rings (SSSR count). The second-order valence-corrected chi connectivity index (χ2v) is 4.51. The summed E-state index contributed by atoms with van der Waals surface area (Å²) in [7, 11) is 2.00. The lowest BCUT2D eigenvalue weighted by Crippen LogP contribution is -2.12. The van der Waals surface area contributed by atoms with Gasteiger partial charge in [0.25, 0.3) is 0 Å². The van der Waals surface area contributed by atoms with Gasteiger partial charge in [-0.3, -0.25) is 0 Å². The lowest BCUT2D eigenvalue weighted by atomic mass is 9.95. The van der Waals surface area contributed by atoms with Crippen molar-refractivity contribution in [2.24, 2.45) is 12.8 Å². The van der Waals surface area contributed by atoms with Gasteiger partial charge in [-0.2, -0.15) is 0 Å². The molecule has 1 aromatic carbocycles. The first-order chi connectivity index (χ1) is 8.22. The number of aryl methyl sites for hydroxylation is 1. The molecule has 0 aliphatic rings. The van der Waals surface area contributed by atoms with Crippen LogP contribution in [0.4, 0.5) is 0 Å². The average Bonchev–Trinajstić information content (AvgIpc) is 2.74. The molecule has 0 saturated carbocycles. The van der Waals surface area contributed by atoms with Gasteiger partial charge in [0.2, 0.25) is 0 Å². The third kappa shape index (κ3) is 2.68. The first-order valence-electron chi connectivity index (χ1n) is 5.65. The van der Waals surface area contributed by atoms with E-state index in [4.69, 9.17) is 17.3 Å². The molecule has 1 unspecified atom stereocenters. The summed E-state index contributed by atoms with van der Waals surface area (Å²) in [5.74, 6) is 1.27. The zero-order chi connectivity index (χ0) is 12.3. The molecular weight excluding hydrogens is 234 g/mol. The minimum atomic E-state index is 0.234. The highest BCUT2D eigenvalue weighted by Crippen LogP contribution is 2.26. The molecule has 17 heavy (non-hydrogen) atoms. The predicted octanol–water partition coefficient (Wildman–Crippen LogP) is 2.55. The van der Waals surface area contributed by atoms with Crippen molar-refractivity contribution in [3.05, 3.63) is 53.1 Å². The van der Waals surface area contributed by atoms with Crippen LogP contribution in [-0.2, 0) is 7.05 Å². The summed E-state index contributed by atoms with van der Waals surface area (Å²) in [6.07, 6.45) is 4.65. The maximum atomic E-state index is 5.90. The first-order valence-corrected chi connectivity index (χ1v) is 6.03. The molecule has 0 fully saturated rings. The van der Waals surface area contributed by atoms with E-state index in [0.29, 0.717) is 6.54 Å². The van der Waals surface area contributed by atoms with Crippen molar-refractivity contribution in [3.8, 4) is 0 Å². The first kappa shape index (κ1) is 12.1. The monoisotopic (exact) mass is 249 g/mol. The van der Waals surface area contributed by atoms with E-state index in [1.807, 2.05) is 48.3 Å². The Bertz CT molecular complexity index is 476. The summed E-state index contributed by atoms with van der Waals surface area (Å²) >= 11 is 5.90. The lowest BCUT2D eigenvalue weighted by molar-refractivity contribution is 0.648. The Kier molecular flexibility index (Phi) is 3.82. The van der Waals surface area contributed by atoms with Crippen LogP contribution in [0.5, 0.6) is 0 Å². The third-order valence-electron chi connectivity index (χ3n) is 2.90. The van der Waals surface area contributed by atoms with Gasteiger partial charge < -0.3 is 10.3 Å². The van der Waals surface area contributed by atoms with Crippen LogP contribution in [0.3, 0.4) is 0 Å². The highest BCUT2D eigenvalue weighted by Gasteiger charge is 2.17. The SMILES string of the molecule is Cn1ccnc1C(CCN)c1ccc(Cl)cc1. The fraction of sp³-hybridized carbons (Fsp3) is 0.308. The average molecular weight is 250 g/mol. The highest BCUT2D eigenvalue weighted by molar-refractivity contribution is 6.30. The molecule has 90 valence electrons. The van der Waals surface area contributed by atoms with E-state index < -0.39 is 0 Å². The smallest absolute Gasteiger partial charge is 0.115 e. The van der Waals surface area contributed by atoms with Crippen molar-refractivity contribution in [1.29, 1.82) is 0 Å². The molecule has 0 amide bonds. The number of imidazole rings is 1. The summed E-state index contributed by atoms with van der Waals surface area (Å²) in [4.78, 5) is 4.41. The van der Waals surface area contributed by atoms with Crippen LogP contribution in [0.25, 0.3) is 0 Å². The summed E-state index contributed by atoms with van der Waals surface area (Å²) in [5.41, 5.74) is 6.89. The summed E-state index contributed by atoms with van der Waals surface area (Å²) in [6, 6.07) is 7.89. The number of benzene rings is 1. The molecule has 0 aliphatic carbocycles. The van der Waals surface area contributed by atoms with Crippen LogP contribution in [0, 0.1) is 0 Å².